The van der Waals surface area contributed by atoms with Crippen LogP contribution in [0.5, 0.6) is 5.75 Å². The number of rotatable bonds is 9. The lowest BCUT2D eigenvalue weighted by Gasteiger charge is -2.29. The molecule has 0 saturated carbocycles. The summed E-state index contributed by atoms with van der Waals surface area (Å²) in [6, 6.07) is 19.5. The number of methoxy groups -OCH3 is 1. The zero-order chi connectivity index (χ0) is 24.9. The van der Waals surface area contributed by atoms with Gasteiger partial charge in [0.15, 0.2) is 0 Å². The van der Waals surface area contributed by atoms with Crippen molar-refractivity contribution < 1.29 is 18.3 Å². The third kappa shape index (κ3) is 5.51. The van der Waals surface area contributed by atoms with E-state index in [0.717, 1.165) is 11.1 Å². The van der Waals surface area contributed by atoms with Crippen molar-refractivity contribution in [2.45, 2.75) is 44.2 Å². The van der Waals surface area contributed by atoms with Gasteiger partial charge in [-0.05, 0) is 61.1 Å². The van der Waals surface area contributed by atoms with Crippen molar-refractivity contribution in [1.29, 1.82) is 0 Å². The van der Waals surface area contributed by atoms with Crippen molar-refractivity contribution in [2.24, 2.45) is 5.92 Å². The first kappa shape index (κ1) is 25.5. The summed E-state index contributed by atoms with van der Waals surface area (Å²) in [5.74, 6) is 2.50. The minimum absolute atomic E-state index is 0.203. The monoisotopic (exact) mass is 477 g/mol. The summed E-state index contributed by atoms with van der Waals surface area (Å²) in [6.45, 7) is 5.34. The lowest BCUT2D eigenvalue weighted by atomic mass is 9.87. The second-order valence-corrected chi connectivity index (χ2v) is 10.1. The van der Waals surface area contributed by atoms with E-state index in [1.165, 1.54) is 0 Å². The summed E-state index contributed by atoms with van der Waals surface area (Å²) >= 11 is 0. The SMILES string of the molecule is C#C[C@@H]([C@H](Cc1ccccc1)NS(=O)(=O)c1c(C)cc(OC)c(C)c1C)[C@@H](O)c1ccccc1. The van der Waals surface area contributed by atoms with Gasteiger partial charge in [-0.2, -0.15) is 0 Å². The molecule has 3 rings (SSSR count). The molecule has 0 amide bonds. The van der Waals surface area contributed by atoms with Gasteiger partial charge >= 0.3 is 0 Å². The molecule has 3 aromatic rings. The lowest BCUT2D eigenvalue weighted by Crippen LogP contribution is -2.44. The molecule has 3 aromatic carbocycles. The summed E-state index contributed by atoms with van der Waals surface area (Å²) in [5, 5.41) is 11.1. The van der Waals surface area contributed by atoms with E-state index in [1.54, 1.807) is 39.2 Å². The van der Waals surface area contributed by atoms with Crippen molar-refractivity contribution in [1.82, 2.24) is 4.72 Å². The van der Waals surface area contributed by atoms with Crippen LogP contribution in [0.4, 0.5) is 0 Å². The highest BCUT2D eigenvalue weighted by atomic mass is 32.2. The molecule has 34 heavy (non-hydrogen) atoms. The molecule has 2 N–H and O–H groups in total. The maximum absolute atomic E-state index is 13.7. The molecular weight excluding hydrogens is 446 g/mol. The molecule has 0 aliphatic heterocycles. The van der Waals surface area contributed by atoms with Gasteiger partial charge in [-0.1, -0.05) is 66.6 Å². The van der Waals surface area contributed by atoms with E-state index < -0.39 is 28.1 Å². The lowest BCUT2D eigenvalue weighted by molar-refractivity contribution is 0.119. The Labute approximate surface area is 202 Å². The average molecular weight is 478 g/mol. The predicted molar refractivity (Wildman–Crippen MR) is 135 cm³/mol. The van der Waals surface area contributed by atoms with Crippen molar-refractivity contribution in [3.8, 4) is 18.1 Å². The van der Waals surface area contributed by atoms with Crippen LogP contribution in [0.1, 0.15) is 33.9 Å². The van der Waals surface area contributed by atoms with Crippen LogP contribution >= 0.6 is 0 Å². The molecule has 0 fully saturated rings. The molecule has 3 atom stereocenters. The first-order valence-corrected chi connectivity index (χ1v) is 12.6. The molecule has 178 valence electrons. The van der Waals surface area contributed by atoms with Gasteiger partial charge < -0.3 is 9.84 Å². The highest BCUT2D eigenvalue weighted by Gasteiger charge is 2.33. The van der Waals surface area contributed by atoms with Crippen molar-refractivity contribution in [2.75, 3.05) is 7.11 Å². The molecule has 6 heteroatoms. The number of benzene rings is 3. The molecule has 0 saturated heterocycles. The van der Waals surface area contributed by atoms with Crippen LogP contribution in [-0.4, -0.2) is 26.7 Å². The molecule has 0 aliphatic carbocycles. The van der Waals surface area contributed by atoms with Crippen LogP contribution in [0, 0.1) is 39.0 Å². The predicted octanol–water partition coefficient (Wildman–Crippen LogP) is 4.49. The molecule has 0 aliphatic rings. The summed E-state index contributed by atoms with van der Waals surface area (Å²) in [6.07, 6.45) is 5.17. The average Bonchev–Trinajstić information content (AvgIpc) is 2.82. The Bertz CT molecular complexity index is 1270. The molecule has 0 heterocycles. The van der Waals surface area contributed by atoms with Gasteiger partial charge in [-0.3, -0.25) is 0 Å². The number of nitrogens with one attached hydrogen (secondary N) is 1. The van der Waals surface area contributed by atoms with Crippen molar-refractivity contribution in [3.05, 3.63) is 94.5 Å². The largest absolute Gasteiger partial charge is 0.496 e. The van der Waals surface area contributed by atoms with Gasteiger partial charge in [0.05, 0.1) is 24.0 Å². The van der Waals surface area contributed by atoms with Gasteiger partial charge in [0, 0.05) is 6.04 Å². The molecular formula is C28H31NO4S. The molecule has 5 nitrogen and oxygen atoms in total. The Morgan fingerprint density at radius 2 is 1.59 bits per heavy atom. The van der Waals surface area contributed by atoms with E-state index in [-0.39, 0.29) is 4.90 Å². The van der Waals surface area contributed by atoms with Crippen LogP contribution in [0.2, 0.25) is 0 Å². The maximum atomic E-state index is 13.7. The summed E-state index contributed by atoms with van der Waals surface area (Å²) in [7, 11) is -2.41. The molecule has 0 aromatic heterocycles. The zero-order valence-corrected chi connectivity index (χ0v) is 20.8. The Hall–Kier alpha value is -3.11. The first-order valence-electron chi connectivity index (χ1n) is 11.1. The molecule has 0 spiro atoms. The van der Waals surface area contributed by atoms with E-state index in [9.17, 15) is 13.5 Å². The normalized spacial score (nSPS) is 14.1. The van der Waals surface area contributed by atoms with E-state index >= 15 is 0 Å². The van der Waals surface area contributed by atoms with Gasteiger partial charge in [0.1, 0.15) is 5.75 Å². The summed E-state index contributed by atoms with van der Waals surface area (Å²) in [4.78, 5) is 0.203. The van der Waals surface area contributed by atoms with Gasteiger partial charge in [-0.25, -0.2) is 13.1 Å². The van der Waals surface area contributed by atoms with Crippen LogP contribution < -0.4 is 9.46 Å². The maximum Gasteiger partial charge on any atom is 0.241 e. The third-order valence-electron chi connectivity index (χ3n) is 6.18. The number of aliphatic hydroxyl groups excluding tert-OH is 1. The summed E-state index contributed by atoms with van der Waals surface area (Å²) in [5.41, 5.74) is 3.49. The van der Waals surface area contributed by atoms with Gasteiger partial charge in [-0.15, -0.1) is 6.42 Å². The first-order chi connectivity index (χ1) is 16.2. The standard InChI is InChI=1S/C28H31NO4S/c1-6-24(27(30)23-15-11-8-12-16-23)25(18-22-13-9-7-10-14-22)29-34(31,32)28-19(2)17-26(33-5)20(3)21(28)4/h1,7-17,24-25,27,29-30H,18H2,2-5H3/t24-,25-,27-/m0/s1. The molecule has 0 radical (unpaired) electrons. The van der Waals surface area contributed by atoms with E-state index in [0.29, 0.717) is 28.9 Å². The Balaban J connectivity index is 2.05. The number of hydrogen-bond donors (Lipinski definition) is 2. The highest BCUT2D eigenvalue weighted by Crippen LogP contribution is 2.32. The summed E-state index contributed by atoms with van der Waals surface area (Å²) < 4.78 is 35.6. The van der Waals surface area contributed by atoms with Gasteiger partial charge in [0.2, 0.25) is 10.0 Å². The zero-order valence-electron chi connectivity index (χ0n) is 19.9. The molecule has 0 bridgehead atoms. The smallest absolute Gasteiger partial charge is 0.241 e. The Morgan fingerprint density at radius 3 is 2.15 bits per heavy atom. The number of sulfonamides is 1. The molecule has 0 unspecified atom stereocenters. The van der Waals surface area contributed by atoms with Crippen molar-refractivity contribution in [3.63, 3.8) is 0 Å². The minimum atomic E-state index is -3.97. The fourth-order valence-electron chi connectivity index (χ4n) is 4.30. The number of ether oxygens (including phenoxy) is 1. The van der Waals surface area contributed by atoms with E-state index in [2.05, 4.69) is 10.6 Å². The highest BCUT2D eigenvalue weighted by molar-refractivity contribution is 7.89. The van der Waals surface area contributed by atoms with E-state index in [4.69, 9.17) is 11.2 Å². The van der Waals surface area contributed by atoms with Crippen molar-refractivity contribution >= 4 is 10.0 Å². The van der Waals surface area contributed by atoms with E-state index in [1.807, 2.05) is 55.5 Å². The Kier molecular flexibility index (Phi) is 8.16. The second kappa shape index (κ2) is 10.9. The number of terminal acetylenes is 1. The fraction of sp³-hybridized carbons (Fsp3) is 0.286. The van der Waals surface area contributed by atoms with Crippen LogP contribution in [0.15, 0.2) is 71.6 Å². The number of aliphatic hydroxyl groups is 1. The third-order valence-corrected chi connectivity index (χ3v) is 7.96. The van der Waals surface area contributed by atoms with Crippen LogP contribution in [-0.2, 0) is 16.4 Å². The quantitative estimate of drug-likeness (QED) is 0.445. The number of aryl methyl sites for hydroxylation is 1. The van der Waals surface area contributed by atoms with Gasteiger partial charge in [0.25, 0.3) is 0 Å². The topological polar surface area (TPSA) is 75.6 Å². The minimum Gasteiger partial charge on any atom is -0.496 e. The van der Waals surface area contributed by atoms with Crippen LogP contribution in [0.3, 0.4) is 0 Å². The second-order valence-electron chi connectivity index (χ2n) is 8.44. The Morgan fingerprint density at radius 1 is 1.00 bits per heavy atom. The van der Waals surface area contributed by atoms with Crippen LogP contribution in [0.25, 0.3) is 0 Å². The fourth-order valence-corrected chi connectivity index (χ4v) is 6.09. The number of hydrogen-bond acceptors (Lipinski definition) is 4.